The monoisotopic (exact) mass is 394 g/mol. The molecule has 0 saturated heterocycles. The molecule has 0 aliphatic carbocycles. The van der Waals surface area contributed by atoms with E-state index in [0.29, 0.717) is 11.1 Å². The smallest absolute Gasteiger partial charge is 0.428 e. The normalized spacial score (nSPS) is 15.0. The van der Waals surface area contributed by atoms with Crippen molar-refractivity contribution in [2.45, 2.75) is 51.8 Å². The summed E-state index contributed by atoms with van der Waals surface area (Å²) < 4.78 is 45.9. The summed E-state index contributed by atoms with van der Waals surface area (Å²) in [5.74, 6) is -2.51. The minimum atomic E-state index is -5.17. The molecule has 0 radical (unpaired) electrons. The Morgan fingerprint density at radius 3 is 2.07 bits per heavy atom. The molecular formula is C22H25F3O3. The van der Waals surface area contributed by atoms with E-state index in [0.717, 1.165) is 16.7 Å². The van der Waals surface area contributed by atoms with Crippen LogP contribution in [0, 0.1) is 20.8 Å². The molecule has 0 spiro atoms. The maximum Gasteiger partial charge on any atom is 0.428 e. The lowest BCUT2D eigenvalue weighted by Crippen LogP contribution is -2.54. The van der Waals surface area contributed by atoms with Crippen LogP contribution < -0.4 is 0 Å². The van der Waals surface area contributed by atoms with Gasteiger partial charge in [-0.1, -0.05) is 48.0 Å². The summed E-state index contributed by atoms with van der Waals surface area (Å²) in [6, 6.07) is 12.4. The van der Waals surface area contributed by atoms with Crippen molar-refractivity contribution in [1.82, 2.24) is 0 Å². The second kappa shape index (κ2) is 8.35. The zero-order chi connectivity index (χ0) is 21.1. The number of rotatable bonds is 6. The SMILES string of the molecule is CCOC(=O)[C@@](O)(CC(c1ccccc1)c1c(C)cc(C)cc1C)C(F)(F)F. The number of ether oxygens (including phenoxy) is 1. The highest BCUT2D eigenvalue weighted by molar-refractivity contribution is 5.80. The third-order valence-corrected chi connectivity index (χ3v) is 4.87. The van der Waals surface area contributed by atoms with Crippen LogP contribution in [0.2, 0.25) is 0 Å². The van der Waals surface area contributed by atoms with Crippen LogP contribution in [0.4, 0.5) is 13.2 Å². The maximum absolute atomic E-state index is 13.8. The van der Waals surface area contributed by atoms with Crippen molar-refractivity contribution >= 4 is 5.97 Å². The van der Waals surface area contributed by atoms with E-state index in [9.17, 15) is 23.1 Å². The van der Waals surface area contributed by atoms with E-state index in [4.69, 9.17) is 0 Å². The molecule has 0 aromatic heterocycles. The van der Waals surface area contributed by atoms with Crippen LogP contribution in [0.15, 0.2) is 42.5 Å². The molecule has 0 fully saturated rings. The van der Waals surface area contributed by atoms with Gasteiger partial charge in [0.25, 0.3) is 5.60 Å². The Morgan fingerprint density at radius 2 is 1.61 bits per heavy atom. The second-order valence-electron chi connectivity index (χ2n) is 7.06. The summed E-state index contributed by atoms with van der Waals surface area (Å²) in [6.07, 6.45) is -6.02. The summed E-state index contributed by atoms with van der Waals surface area (Å²) in [6.45, 7) is 6.70. The largest absolute Gasteiger partial charge is 0.464 e. The van der Waals surface area contributed by atoms with Gasteiger partial charge in [-0.3, -0.25) is 0 Å². The van der Waals surface area contributed by atoms with E-state index in [1.54, 1.807) is 30.3 Å². The standard InChI is InChI=1S/C22H25F3O3/c1-5-28-20(26)21(27,22(23,24)25)13-18(17-9-7-6-8-10-17)19-15(3)11-14(2)12-16(19)4/h6-12,18,27H,5,13H2,1-4H3/t18?,21-/m0/s1. The fraction of sp³-hybridized carbons (Fsp3) is 0.409. The fourth-order valence-corrected chi connectivity index (χ4v) is 3.67. The number of carbonyl (C=O) groups excluding carboxylic acids is 1. The molecule has 0 saturated carbocycles. The molecule has 3 nitrogen and oxygen atoms in total. The van der Waals surface area contributed by atoms with Gasteiger partial charge in [0, 0.05) is 12.3 Å². The predicted octanol–water partition coefficient (Wildman–Crippen LogP) is 4.99. The first kappa shape index (κ1) is 22.0. The third kappa shape index (κ3) is 4.38. The van der Waals surface area contributed by atoms with E-state index in [-0.39, 0.29) is 6.61 Å². The molecule has 6 heteroatoms. The molecule has 0 aliphatic rings. The lowest BCUT2D eigenvalue weighted by molar-refractivity contribution is -0.265. The van der Waals surface area contributed by atoms with Gasteiger partial charge in [-0.05, 0) is 49.9 Å². The highest BCUT2D eigenvalue weighted by Crippen LogP contribution is 2.43. The highest BCUT2D eigenvalue weighted by atomic mass is 19.4. The van der Waals surface area contributed by atoms with Gasteiger partial charge in [0.05, 0.1) is 6.61 Å². The zero-order valence-corrected chi connectivity index (χ0v) is 16.4. The Hall–Kier alpha value is -2.34. The Morgan fingerprint density at radius 1 is 1.07 bits per heavy atom. The summed E-state index contributed by atoms with van der Waals surface area (Å²) in [7, 11) is 0. The molecule has 2 rings (SSSR count). The maximum atomic E-state index is 13.8. The first-order valence-corrected chi connectivity index (χ1v) is 9.10. The van der Waals surface area contributed by atoms with Crippen molar-refractivity contribution in [3.8, 4) is 0 Å². The fourth-order valence-electron chi connectivity index (χ4n) is 3.67. The van der Waals surface area contributed by atoms with Crippen molar-refractivity contribution in [2.75, 3.05) is 6.61 Å². The number of hydrogen-bond donors (Lipinski definition) is 1. The van der Waals surface area contributed by atoms with E-state index < -0.39 is 30.1 Å². The zero-order valence-electron chi connectivity index (χ0n) is 16.4. The van der Waals surface area contributed by atoms with Crippen LogP contribution in [-0.2, 0) is 9.53 Å². The Bertz CT molecular complexity index is 808. The quantitative estimate of drug-likeness (QED) is 0.702. The van der Waals surface area contributed by atoms with Crippen molar-refractivity contribution in [3.63, 3.8) is 0 Å². The van der Waals surface area contributed by atoms with Crippen LogP contribution in [-0.4, -0.2) is 29.5 Å². The summed E-state index contributed by atoms with van der Waals surface area (Å²) in [4.78, 5) is 12.1. The van der Waals surface area contributed by atoms with E-state index >= 15 is 0 Å². The van der Waals surface area contributed by atoms with Gasteiger partial charge in [-0.25, -0.2) is 4.79 Å². The second-order valence-corrected chi connectivity index (χ2v) is 7.06. The number of alkyl halides is 3. The molecule has 1 N–H and O–H groups in total. The topological polar surface area (TPSA) is 46.5 Å². The van der Waals surface area contributed by atoms with Gasteiger partial charge in [0.15, 0.2) is 0 Å². The van der Waals surface area contributed by atoms with Crippen LogP contribution in [0.3, 0.4) is 0 Å². The number of halogens is 3. The summed E-state index contributed by atoms with van der Waals surface area (Å²) in [5.41, 5.74) is 0.252. The molecule has 1 unspecified atom stereocenters. The van der Waals surface area contributed by atoms with Crippen LogP contribution in [0.1, 0.15) is 47.1 Å². The average molecular weight is 394 g/mol. The summed E-state index contributed by atoms with van der Waals surface area (Å²) in [5, 5.41) is 10.5. The molecule has 0 aliphatic heterocycles. The third-order valence-electron chi connectivity index (χ3n) is 4.87. The van der Waals surface area contributed by atoms with Crippen molar-refractivity contribution in [1.29, 1.82) is 0 Å². The highest BCUT2D eigenvalue weighted by Gasteiger charge is 2.61. The Labute approximate surface area is 163 Å². The molecule has 2 atom stereocenters. The van der Waals surface area contributed by atoms with Gasteiger partial charge >= 0.3 is 12.1 Å². The molecule has 0 heterocycles. The van der Waals surface area contributed by atoms with Crippen LogP contribution in [0.5, 0.6) is 0 Å². The van der Waals surface area contributed by atoms with Crippen molar-refractivity contribution in [2.24, 2.45) is 0 Å². The molecule has 2 aromatic carbocycles. The minimum absolute atomic E-state index is 0.254. The van der Waals surface area contributed by atoms with Gasteiger partial charge in [-0.2, -0.15) is 13.2 Å². The number of carbonyl (C=O) groups is 1. The van der Waals surface area contributed by atoms with Crippen molar-refractivity contribution in [3.05, 3.63) is 70.3 Å². The Balaban J connectivity index is 2.65. The van der Waals surface area contributed by atoms with Gasteiger partial charge in [0.2, 0.25) is 0 Å². The molecule has 28 heavy (non-hydrogen) atoms. The molecule has 0 bridgehead atoms. The Kier molecular flexibility index (Phi) is 6.55. The van der Waals surface area contributed by atoms with Crippen LogP contribution in [0.25, 0.3) is 0 Å². The van der Waals surface area contributed by atoms with E-state index in [1.807, 2.05) is 32.9 Å². The minimum Gasteiger partial charge on any atom is -0.464 e. The summed E-state index contributed by atoms with van der Waals surface area (Å²) >= 11 is 0. The number of aliphatic hydroxyl groups is 1. The van der Waals surface area contributed by atoms with Gasteiger partial charge < -0.3 is 9.84 Å². The first-order valence-electron chi connectivity index (χ1n) is 9.10. The van der Waals surface area contributed by atoms with Crippen molar-refractivity contribution < 1.29 is 27.8 Å². The number of aryl methyl sites for hydroxylation is 3. The number of esters is 1. The first-order chi connectivity index (χ1) is 13.0. The average Bonchev–Trinajstić information content (AvgIpc) is 2.59. The lowest BCUT2D eigenvalue weighted by Gasteiger charge is -2.33. The molecule has 2 aromatic rings. The number of hydrogen-bond acceptors (Lipinski definition) is 3. The molecule has 152 valence electrons. The predicted molar refractivity (Wildman–Crippen MR) is 101 cm³/mol. The number of benzene rings is 2. The van der Waals surface area contributed by atoms with E-state index in [1.165, 1.54) is 6.92 Å². The van der Waals surface area contributed by atoms with Gasteiger partial charge in [-0.15, -0.1) is 0 Å². The molecule has 0 amide bonds. The van der Waals surface area contributed by atoms with Crippen LogP contribution >= 0.6 is 0 Å². The van der Waals surface area contributed by atoms with E-state index in [2.05, 4.69) is 4.74 Å². The van der Waals surface area contributed by atoms with Gasteiger partial charge in [0.1, 0.15) is 0 Å². The molecular weight excluding hydrogens is 369 g/mol. The lowest BCUT2D eigenvalue weighted by atomic mass is 9.77.